The number of hydrogen-bond acceptors (Lipinski definition) is 7. The number of methoxy groups -OCH3 is 1. The molecule has 2 heterocycles. The number of aryl methyl sites for hydroxylation is 1. The molecule has 2 amide bonds. The van der Waals surface area contributed by atoms with Crippen LogP contribution in [0, 0.1) is 0 Å². The van der Waals surface area contributed by atoms with Crippen molar-refractivity contribution in [2.45, 2.75) is 32.9 Å². The zero-order valence-electron chi connectivity index (χ0n) is 17.3. The van der Waals surface area contributed by atoms with Gasteiger partial charge < -0.3 is 19.9 Å². The van der Waals surface area contributed by atoms with E-state index in [1.165, 1.54) is 17.9 Å². The number of carbonyl (C=O) groups excluding carboxylic acids is 3. The number of ether oxygens (including phenoxy) is 1. The molecule has 0 aliphatic carbocycles. The van der Waals surface area contributed by atoms with Gasteiger partial charge in [-0.15, -0.1) is 0 Å². The number of amides is 2. The van der Waals surface area contributed by atoms with E-state index in [4.69, 9.17) is 9.26 Å². The normalized spacial score (nSPS) is 10.5. The van der Waals surface area contributed by atoms with Crippen LogP contribution < -0.4 is 10.6 Å². The molecule has 3 aromatic rings. The van der Waals surface area contributed by atoms with E-state index < -0.39 is 11.9 Å². The molecule has 0 unspecified atom stereocenters. The fraction of sp³-hybridized carbons (Fsp3) is 0.286. The molecule has 10 nitrogen and oxygen atoms in total. The highest BCUT2D eigenvalue weighted by Gasteiger charge is 2.14. The van der Waals surface area contributed by atoms with Gasteiger partial charge in [0.05, 0.1) is 12.7 Å². The van der Waals surface area contributed by atoms with Crippen molar-refractivity contribution in [3.63, 3.8) is 0 Å². The number of rotatable bonds is 9. The molecule has 2 aromatic heterocycles. The Balaban J connectivity index is 1.70. The maximum Gasteiger partial charge on any atom is 0.337 e. The maximum absolute atomic E-state index is 12.3. The molecule has 0 aliphatic heterocycles. The summed E-state index contributed by atoms with van der Waals surface area (Å²) in [5.41, 5.74) is 1.43. The van der Waals surface area contributed by atoms with E-state index in [0.717, 1.165) is 6.42 Å². The molecule has 0 fully saturated rings. The molecule has 31 heavy (non-hydrogen) atoms. The van der Waals surface area contributed by atoms with E-state index in [0.29, 0.717) is 23.4 Å². The summed E-state index contributed by atoms with van der Waals surface area (Å²) in [4.78, 5) is 36.6. The van der Waals surface area contributed by atoms with E-state index in [1.807, 2.05) is 6.92 Å². The number of carbonyl (C=O) groups is 3. The van der Waals surface area contributed by atoms with Gasteiger partial charge in [-0.25, -0.2) is 4.79 Å². The topological polar surface area (TPSA) is 128 Å². The fourth-order valence-electron chi connectivity index (χ4n) is 2.90. The van der Waals surface area contributed by atoms with Crippen molar-refractivity contribution < 1.29 is 23.6 Å². The van der Waals surface area contributed by atoms with Gasteiger partial charge >= 0.3 is 5.97 Å². The van der Waals surface area contributed by atoms with Crippen molar-refractivity contribution in [3.05, 3.63) is 65.3 Å². The highest BCUT2D eigenvalue weighted by molar-refractivity contribution is 5.95. The number of anilines is 1. The molecule has 0 spiro atoms. The Morgan fingerprint density at radius 1 is 1.19 bits per heavy atom. The van der Waals surface area contributed by atoms with Crippen molar-refractivity contribution in [3.8, 4) is 0 Å². The first-order valence-corrected chi connectivity index (χ1v) is 9.72. The molecule has 0 saturated heterocycles. The first-order valence-electron chi connectivity index (χ1n) is 9.72. The van der Waals surface area contributed by atoms with Crippen LogP contribution >= 0.6 is 0 Å². The highest BCUT2D eigenvalue weighted by Crippen LogP contribution is 2.17. The van der Waals surface area contributed by atoms with E-state index in [-0.39, 0.29) is 30.3 Å². The van der Waals surface area contributed by atoms with Gasteiger partial charge in [-0.2, -0.15) is 5.10 Å². The second-order valence-electron chi connectivity index (χ2n) is 6.77. The Labute approximate surface area is 178 Å². The van der Waals surface area contributed by atoms with Gasteiger partial charge in [-0.3, -0.25) is 14.3 Å². The van der Waals surface area contributed by atoms with Crippen LogP contribution in [-0.2, 0) is 29.0 Å². The average molecular weight is 425 g/mol. The summed E-state index contributed by atoms with van der Waals surface area (Å²) in [7, 11) is 1.27. The van der Waals surface area contributed by atoms with Crippen molar-refractivity contribution >= 4 is 23.5 Å². The van der Waals surface area contributed by atoms with Gasteiger partial charge in [0.2, 0.25) is 5.91 Å². The fourth-order valence-corrected chi connectivity index (χ4v) is 2.90. The van der Waals surface area contributed by atoms with Crippen LogP contribution in [0.2, 0.25) is 0 Å². The first-order chi connectivity index (χ1) is 15.0. The van der Waals surface area contributed by atoms with Gasteiger partial charge in [-0.05, 0) is 36.2 Å². The third kappa shape index (κ3) is 6.01. The third-order valence-corrected chi connectivity index (χ3v) is 4.30. The van der Waals surface area contributed by atoms with Gasteiger partial charge in [0, 0.05) is 37.1 Å². The number of hydrogen-bond donors (Lipinski definition) is 2. The van der Waals surface area contributed by atoms with Crippen LogP contribution in [0.1, 0.15) is 45.5 Å². The van der Waals surface area contributed by atoms with Gasteiger partial charge in [0.1, 0.15) is 12.3 Å². The Bertz CT molecular complexity index is 1060. The van der Waals surface area contributed by atoms with Crippen molar-refractivity contribution in [2.24, 2.45) is 0 Å². The van der Waals surface area contributed by atoms with Crippen LogP contribution in [0.25, 0.3) is 0 Å². The SMILES string of the molecule is CCCc1cc(C(=O)NCc2cc(NC(=O)Cn3cccn3)cc(C(=O)OC)c2)no1. The zero-order chi connectivity index (χ0) is 22.2. The second-order valence-corrected chi connectivity index (χ2v) is 6.77. The second kappa shape index (κ2) is 10.2. The molecule has 10 heteroatoms. The zero-order valence-corrected chi connectivity index (χ0v) is 17.3. The summed E-state index contributed by atoms with van der Waals surface area (Å²) >= 11 is 0. The summed E-state index contributed by atoms with van der Waals surface area (Å²) in [5, 5.41) is 13.2. The van der Waals surface area contributed by atoms with Gasteiger partial charge in [0.25, 0.3) is 5.91 Å². The molecule has 162 valence electrons. The van der Waals surface area contributed by atoms with Crippen LogP contribution in [0.3, 0.4) is 0 Å². The van der Waals surface area contributed by atoms with E-state index in [1.54, 1.807) is 36.7 Å². The van der Waals surface area contributed by atoms with E-state index in [2.05, 4.69) is 20.9 Å². The Morgan fingerprint density at radius 2 is 2.03 bits per heavy atom. The number of aromatic nitrogens is 3. The lowest BCUT2D eigenvalue weighted by molar-refractivity contribution is -0.116. The molecule has 0 atom stereocenters. The van der Waals surface area contributed by atoms with Crippen LogP contribution in [0.4, 0.5) is 5.69 Å². The number of nitrogens with zero attached hydrogens (tertiary/aromatic N) is 3. The standard InChI is InChI=1S/C21H23N5O5/c1-3-5-17-11-18(25-31-17)20(28)22-12-14-8-15(21(29)30-2)10-16(9-14)24-19(27)13-26-7-4-6-23-26/h4,6-11H,3,5,12-13H2,1-2H3,(H,22,28)(H,24,27). The highest BCUT2D eigenvalue weighted by atomic mass is 16.5. The quantitative estimate of drug-likeness (QED) is 0.503. The third-order valence-electron chi connectivity index (χ3n) is 4.30. The number of esters is 1. The maximum atomic E-state index is 12.3. The number of nitrogens with one attached hydrogen (secondary N) is 2. The predicted octanol–water partition coefficient (Wildman–Crippen LogP) is 2.18. The Hall–Kier alpha value is -3.95. The Kier molecular flexibility index (Phi) is 7.15. The molecular weight excluding hydrogens is 402 g/mol. The number of benzene rings is 1. The molecule has 0 radical (unpaired) electrons. The average Bonchev–Trinajstić information content (AvgIpc) is 3.43. The lowest BCUT2D eigenvalue weighted by atomic mass is 10.1. The lowest BCUT2D eigenvalue weighted by Gasteiger charge is -2.11. The van der Waals surface area contributed by atoms with Crippen molar-refractivity contribution in [1.82, 2.24) is 20.3 Å². The lowest BCUT2D eigenvalue weighted by Crippen LogP contribution is -2.24. The van der Waals surface area contributed by atoms with Crippen LogP contribution in [0.15, 0.2) is 47.2 Å². The van der Waals surface area contributed by atoms with E-state index >= 15 is 0 Å². The minimum Gasteiger partial charge on any atom is -0.465 e. The summed E-state index contributed by atoms with van der Waals surface area (Å²) in [6, 6.07) is 8.07. The molecule has 0 saturated carbocycles. The molecule has 2 N–H and O–H groups in total. The van der Waals surface area contributed by atoms with Gasteiger partial charge in [0.15, 0.2) is 5.69 Å². The largest absolute Gasteiger partial charge is 0.465 e. The molecule has 3 rings (SSSR count). The van der Waals surface area contributed by atoms with Crippen LogP contribution in [-0.4, -0.2) is 39.8 Å². The van der Waals surface area contributed by atoms with Crippen LogP contribution in [0.5, 0.6) is 0 Å². The minimum absolute atomic E-state index is 0.0216. The predicted molar refractivity (Wildman–Crippen MR) is 110 cm³/mol. The van der Waals surface area contributed by atoms with Crippen molar-refractivity contribution in [2.75, 3.05) is 12.4 Å². The first kappa shape index (κ1) is 21.8. The summed E-state index contributed by atoms with van der Waals surface area (Å²) in [5.74, 6) is -0.635. The Morgan fingerprint density at radius 3 is 2.74 bits per heavy atom. The van der Waals surface area contributed by atoms with Gasteiger partial charge in [-0.1, -0.05) is 12.1 Å². The summed E-state index contributed by atoms with van der Waals surface area (Å²) in [6.45, 7) is 2.14. The monoisotopic (exact) mass is 425 g/mol. The smallest absolute Gasteiger partial charge is 0.337 e. The summed E-state index contributed by atoms with van der Waals surface area (Å²) < 4.78 is 11.4. The summed E-state index contributed by atoms with van der Waals surface area (Å²) in [6.07, 6.45) is 4.82. The van der Waals surface area contributed by atoms with Crippen molar-refractivity contribution in [1.29, 1.82) is 0 Å². The molecule has 0 aliphatic rings. The molecule has 1 aromatic carbocycles. The molecule has 0 bridgehead atoms. The molecular formula is C21H23N5O5. The van der Waals surface area contributed by atoms with E-state index in [9.17, 15) is 14.4 Å². The minimum atomic E-state index is -0.559.